The van der Waals surface area contributed by atoms with Crippen LogP contribution in [0.15, 0.2) is 52.1 Å². The molecule has 1 heterocycles. The molecule has 0 radical (unpaired) electrons. The van der Waals surface area contributed by atoms with Gasteiger partial charge in [0.25, 0.3) is 10.0 Å². The highest BCUT2D eigenvalue weighted by molar-refractivity contribution is 7.92. The first-order valence-electron chi connectivity index (χ1n) is 6.61. The average molecular weight is 334 g/mol. The van der Waals surface area contributed by atoms with Gasteiger partial charge in [-0.1, -0.05) is 0 Å². The summed E-state index contributed by atoms with van der Waals surface area (Å²) in [5.74, 6) is 0.696. The highest BCUT2D eigenvalue weighted by Crippen LogP contribution is 2.30. The van der Waals surface area contributed by atoms with Crippen LogP contribution in [0.5, 0.6) is 11.5 Å². The van der Waals surface area contributed by atoms with Crippen LogP contribution in [0.3, 0.4) is 0 Å². The van der Waals surface area contributed by atoms with E-state index in [-0.39, 0.29) is 10.6 Å². The van der Waals surface area contributed by atoms with E-state index >= 15 is 0 Å². The second-order valence-electron chi connectivity index (χ2n) is 4.66. The van der Waals surface area contributed by atoms with E-state index in [1.165, 1.54) is 32.7 Å². The minimum absolute atomic E-state index is 0.0125. The summed E-state index contributed by atoms with van der Waals surface area (Å²) in [4.78, 5) is 4.00. The Kier molecular flexibility index (Phi) is 3.83. The zero-order chi connectivity index (χ0) is 16.4. The van der Waals surface area contributed by atoms with E-state index < -0.39 is 10.0 Å². The van der Waals surface area contributed by atoms with Gasteiger partial charge in [-0.2, -0.15) is 0 Å². The van der Waals surface area contributed by atoms with Gasteiger partial charge >= 0.3 is 0 Å². The van der Waals surface area contributed by atoms with Crippen LogP contribution >= 0.6 is 0 Å². The first-order valence-corrected chi connectivity index (χ1v) is 8.10. The molecule has 7 nitrogen and oxygen atoms in total. The van der Waals surface area contributed by atoms with E-state index in [0.29, 0.717) is 22.5 Å². The number of sulfonamides is 1. The molecule has 0 spiro atoms. The molecule has 0 unspecified atom stereocenters. The van der Waals surface area contributed by atoms with E-state index in [9.17, 15) is 8.42 Å². The lowest BCUT2D eigenvalue weighted by Gasteiger charge is -2.12. The van der Waals surface area contributed by atoms with E-state index in [1.54, 1.807) is 24.3 Å². The van der Waals surface area contributed by atoms with Gasteiger partial charge in [0.2, 0.25) is 0 Å². The van der Waals surface area contributed by atoms with Crippen molar-refractivity contribution < 1.29 is 22.3 Å². The SMILES string of the molecule is COc1ccc(S(=O)(=O)Nc2ccc3ncoc3c2)c(OC)c1. The number of nitrogens with one attached hydrogen (secondary N) is 1. The van der Waals surface area contributed by atoms with Gasteiger partial charge in [0.1, 0.15) is 21.9 Å². The molecule has 0 atom stereocenters. The van der Waals surface area contributed by atoms with Gasteiger partial charge in [-0.25, -0.2) is 13.4 Å². The van der Waals surface area contributed by atoms with Gasteiger partial charge in [-0.3, -0.25) is 4.72 Å². The second-order valence-corrected chi connectivity index (χ2v) is 6.31. The average Bonchev–Trinajstić information content (AvgIpc) is 3.01. The molecule has 0 aliphatic rings. The Morgan fingerprint density at radius 2 is 1.91 bits per heavy atom. The van der Waals surface area contributed by atoms with Gasteiger partial charge in [0.05, 0.1) is 19.9 Å². The van der Waals surface area contributed by atoms with Crippen molar-refractivity contribution in [2.24, 2.45) is 0 Å². The van der Waals surface area contributed by atoms with Crippen molar-refractivity contribution in [3.63, 3.8) is 0 Å². The Morgan fingerprint density at radius 3 is 2.65 bits per heavy atom. The molecular weight excluding hydrogens is 320 g/mol. The van der Waals surface area contributed by atoms with Crippen LogP contribution in [-0.2, 0) is 10.0 Å². The van der Waals surface area contributed by atoms with Crippen molar-refractivity contribution in [2.45, 2.75) is 4.90 Å². The third-order valence-electron chi connectivity index (χ3n) is 3.24. The topological polar surface area (TPSA) is 90.7 Å². The largest absolute Gasteiger partial charge is 0.497 e. The Balaban J connectivity index is 1.97. The van der Waals surface area contributed by atoms with Gasteiger partial charge in [0.15, 0.2) is 12.0 Å². The van der Waals surface area contributed by atoms with Gasteiger partial charge in [0, 0.05) is 12.1 Å². The summed E-state index contributed by atoms with van der Waals surface area (Å²) in [6.45, 7) is 0. The minimum atomic E-state index is -3.83. The first kappa shape index (κ1) is 15.2. The number of anilines is 1. The van der Waals surface area contributed by atoms with Crippen LogP contribution < -0.4 is 14.2 Å². The summed E-state index contributed by atoms with van der Waals surface area (Å²) in [5.41, 5.74) is 1.51. The molecule has 120 valence electrons. The molecule has 0 aliphatic heterocycles. The zero-order valence-electron chi connectivity index (χ0n) is 12.4. The molecule has 0 amide bonds. The monoisotopic (exact) mass is 334 g/mol. The zero-order valence-corrected chi connectivity index (χ0v) is 13.3. The summed E-state index contributed by atoms with van der Waals surface area (Å²) in [5, 5.41) is 0. The Labute approximate surface area is 132 Å². The number of oxazole rings is 1. The fourth-order valence-corrected chi connectivity index (χ4v) is 3.33. The number of hydrogen-bond donors (Lipinski definition) is 1. The third kappa shape index (κ3) is 2.93. The molecule has 3 rings (SSSR count). The molecule has 8 heteroatoms. The highest BCUT2D eigenvalue weighted by atomic mass is 32.2. The summed E-state index contributed by atoms with van der Waals surface area (Å²) < 4.78 is 43.0. The number of rotatable bonds is 5. The number of fused-ring (bicyclic) bond motifs is 1. The molecule has 1 aromatic heterocycles. The molecule has 0 saturated carbocycles. The van der Waals surface area contributed by atoms with Crippen molar-refractivity contribution in [3.05, 3.63) is 42.8 Å². The van der Waals surface area contributed by atoms with Crippen molar-refractivity contribution in [2.75, 3.05) is 18.9 Å². The number of methoxy groups -OCH3 is 2. The maximum absolute atomic E-state index is 12.6. The van der Waals surface area contributed by atoms with E-state index in [4.69, 9.17) is 13.9 Å². The third-order valence-corrected chi connectivity index (χ3v) is 4.66. The van der Waals surface area contributed by atoms with Crippen LogP contribution in [0.4, 0.5) is 5.69 Å². The number of ether oxygens (including phenoxy) is 2. The van der Waals surface area contributed by atoms with Crippen molar-refractivity contribution in [1.29, 1.82) is 0 Å². The predicted octanol–water partition coefficient (Wildman–Crippen LogP) is 2.65. The molecule has 1 N–H and O–H groups in total. The van der Waals surface area contributed by atoms with Crippen LogP contribution in [0.25, 0.3) is 11.1 Å². The van der Waals surface area contributed by atoms with Crippen molar-refractivity contribution in [3.8, 4) is 11.5 Å². The summed E-state index contributed by atoms with van der Waals surface area (Å²) in [6.07, 6.45) is 1.30. The first-order chi connectivity index (χ1) is 11.0. The van der Waals surface area contributed by atoms with Gasteiger partial charge in [-0.15, -0.1) is 0 Å². The quantitative estimate of drug-likeness (QED) is 0.771. The lowest BCUT2D eigenvalue weighted by molar-refractivity contribution is 0.386. The standard InChI is InChI=1S/C15H14N2O5S/c1-20-11-4-6-15(14(8-11)21-2)23(18,19)17-10-3-5-12-13(7-10)22-9-16-12/h3-9,17H,1-2H3. The number of hydrogen-bond acceptors (Lipinski definition) is 6. The Hall–Kier alpha value is -2.74. The predicted molar refractivity (Wildman–Crippen MR) is 84.4 cm³/mol. The number of benzene rings is 2. The second kappa shape index (κ2) is 5.81. The highest BCUT2D eigenvalue weighted by Gasteiger charge is 2.20. The van der Waals surface area contributed by atoms with Crippen LogP contribution in [0.2, 0.25) is 0 Å². The molecule has 3 aromatic rings. The fraction of sp³-hybridized carbons (Fsp3) is 0.133. The molecule has 0 aliphatic carbocycles. The lowest BCUT2D eigenvalue weighted by atomic mass is 10.3. The van der Waals surface area contributed by atoms with E-state index in [2.05, 4.69) is 9.71 Å². The summed E-state index contributed by atoms with van der Waals surface area (Å²) in [6, 6.07) is 9.33. The Morgan fingerprint density at radius 1 is 1.09 bits per heavy atom. The van der Waals surface area contributed by atoms with Gasteiger partial charge in [-0.05, 0) is 24.3 Å². The van der Waals surface area contributed by atoms with Crippen LogP contribution in [-0.4, -0.2) is 27.6 Å². The Bertz CT molecular complexity index is 949. The van der Waals surface area contributed by atoms with Gasteiger partial charge < -0.3 is 13.9 Å². The summed E-state index contributed by atoms with van der Waals surface area (Å²) in [7, 11) is -0.934. The smallest absolute Gasteiger partial charge is 0.265 e. The molecule has 23 heavy (non-hydrogen) atoms. The maximum Gasteiger partial charge on any atom is 0.265 e. The number of nitrogens with zero attached hydrogens (tertiary/aromatic N) is 1. The van der Waals surface area contributed by atoms with Crippen LogP contribution in [0.1, 0.15) is 0 Å². The van der Waals surface area contributed by atoms with E-state index in [1.807, 2.05) is 0 Å². The van der Waals surface area contributed by atoms with Crippen molar-refractivity contribution >= 4 is 26.8 Å². The van der Waals surface area contributed by atoms with E-state index in [0.717, 1.165) is 0 Å². The normalized spacial score (nSPS) is 11.4. The molecule has 0 bridgehead atoms. The number of aromatic nitrogens is 1. The molecule has 0 saturated heterocycles. The molecular formula is C15H14N2O5S. The van der Waals surface area contributed by atoms with Crippen LogP contribution in [0, 0.1) is 0 Å². The lowest BCUT2D eigenvalue weighted by Crippen LogP contribution is -2.14. The fourth-order valence-electron chi connectivity index (χ4n) is 2.13. The summed E-state index contributed by atoms with van der Waals surface area (Å²) >= 11 is 0. The maximum atomic E-state index is 12.6. The minimum Gasteiger partial charge on any atom is -0.497 e. The van der Waals surface area contributed by atoms with Crippen molar-refractivity contribution in [1.82, 2.24) is 4.98 Å². The molecule has 0 fully saturated rings. The molecule has 2 aromatic carbocycles.